The van der Waals surface area contributed by atoms with E-state index >= 15 is 0 Å². The van der Waals surface area contributed by atoms with Crippen molar-refractivity contribution in [3.05, 3.63) is 45.9 Å². The Kier molecular flexibility index (Phi) is 5.35. The fourth-order valence-electron chi connectivity index (χ4n) is 2.98. The Labute approximate surface area is 140 Å². The maximum Gasteiger partial charge on any atom is 0.237 e. The van der Waals surface area contributed by atoms with Crippen LogP contribution >= 0.6 is 11.3 Å². The molecule has 6 heteroatoms. The average molecular weight is 330 g/mol. The van der Waals surface area contributed by atoms with Crippen molar-refractivity contribution in [1.29, 1.82) is 0 Å². The summed E-state index contributed by atoms with van der Waals surface area (Å²) in [7, 11) is 0. The van der Waals surface area contributed by atoms with E-state index in [0.29, 0.717) is 6.54 Å². The van der Waals surface area contributed by atoms with E-state index in [1.807, 2.05) is 25.1 Å². The first-order valence-corrected chi connectivity index (χ1v) is 8.89. The molecule has 1 atom stereocenters. The highest BCUT2D eigenvalue weighted by Gasteiger charge is 2.30. The molecule has 0 saturated carbocycles. The second-order valence-corrected chi connectivity index (χ2v) is 7.14. The van der Waals surface area contributed by atoms with E-state index in [1.165, 1.54) is 5.56 Å². The topological polar surface area (TPSA) is 58.1 Å². The molecule has 0 spiro atoms. The number of nitrogens with one attached hydrogen (secondary N) is 1. The minimum atomic E-state index is -0.00800. The van der Waals surface area contributed by atoms with Crippen molar-refractivity contribution >= 4 is 17.2 Å². The number of nitrogens with zero attached hydrogens (tertiary/aromatic N) is 3. The van der Waals surface area contributed by atoms with Crippen LogP contribution in [0, 0.1) is 6.92 Å². The number of aromatic nitrogens is 2. The van der Waals surface area contributed by atoms with Gasteiger partial charge in [0.05, 0.1) is 6.04 Å². The van der Waals surface area contributed by atoms with Crippen molar-refractivity contribution in [2.75, 3.05) is 13.1 Å². The van der Waals surface area contributed by atoms with Crippen molar-refractivity contribution < 1.29 is 4.79 Å². The van der Waals surface area contributed by atoms with E-state index in [2.05, 4.69) is 32.5 Å². The molecular formula is C17H22N4OS. The Morgan fingerprint density at radius 3 is 2.91 bits per heavy atom. The van der Waals surface area contributed by atoms with Gasteiger partial charge in [-0.15, -0.1) is 21.5 Å². The molecule has 5 nitrogen and oxygen atoms in total. The Morgan fingerprint density at radius 1 is 1.35 bits per heavy atom. The number of hydrogen-bond donors (Lipinski definition) is 1. The van der Waals surface area contributed by atoms with Gasteiger partial charge in [-0.25, -0.2) is 0 Å². The first-order chi connectivity index (χ1) is 11.2. The zero-order chi connectivity index (χ0) is 16.1. The second-order valence-electron chi connectivity index (χ2n) is 5.87. The van der Waals surface area contributed by atoms with Crippen LogP contribution in [0.4, 0.5) is 0 Å². The maximum atomic E-state index is 12.5. The summed E-state index contributed by atoms with van der Waals surface area (Å²) in [6.07, 6.45) is 2.78. The van der Waals surface area contributed by atoms with E-state index in [9.17, 15) is 4.79 Å². The van der Waals surface area contributed by atoms with Gasteiger partial charge in [0.15, 0.2) is 0 Å². The van der Waals surface area contributed by atoms with Gasteiger partial charge >= 0.3 is 0 Å². The van der Waals surface area contributed by atoms with Gasteiger partial charge in [-0.2, -0.15) is 0 Å². The highest BCUT2D eigenvalue weighted by Crippen LogP contribution is 2.20. The molecule has 122 valence electrons. The van der Waals surface area contributed by atoms with Crippen molar-refractivity contribution in [3.8, 4) is 0 Å². The molecule has 1 aliphatic rings. The molecule has 1 aromatic heterocycles. The molecule has 23 heavy (non-hydrogen) atoms. The number of carbonyl (C=O) groups is 1. The number of rotatable bonds is 6. The zero-order valence-electron chi connectivity index (χ0n) is 13.4. The van der Waals surface area contributed by atoms with E-state index in [0.717, 1.165) is 42.4 Å². The summed E-state index contributed by atoms with van der Waals surface area (Å²) in [5.74, 6) is 0.139. The summed E-state index contributed by atoms with van der Waals surface area (Å²) >= 11 is 1.59. The van der Waals surface area contributed by atoms with Gasteiger partial charge in [-0.3, -0.25) is 9.69 Å². The number of carbonyl (C=O) groups excluding carboxylic acids is 1. The highest BCUT2D eigenvalue weighted by atomic mass is 32.1. The lowest BCUT2D eigenvalue weighted by Gasteiger charge is -2.23. The van der Waals surface area contributed by atoms with E-state index < -0.39 is 0 Å². The molecule has 1 aliphatic heterocycles. The van der Waals surface area contributed by atoms with Crippen LogP contribution in [0.2, 0.25) is 0 Å². The SMILES string of the molecule is Cc1nnc(CCNC(=O)[C@@H]2CCCN2Cc2ccccc2)s1. The van der Waals surface area contributed by atoms with E-state index in [1.54, 1.807) is 11.3 Å². The fourth-order valence-corrected chi connectivity index (χ4v) is 3.69. The molecule has 1 saturated heterocycles. The van der Waals surface area contributed by atoms with Crippen molar-refractivity contribution in [2.45, 2.75) is 38.8 Å². The smallest absolute Gasteiger partial charge is 0.237 e. The number of aryl methyl sites for hydroxylation is 1. The molecule has 1 aromatic carbocycles. The number of hydrogen-bond acceptors (Lipinski definition) is 5. The van der Waals surface area contributed by atoms with Crippen molar-refractivity contribution in [2.24, 2.45) is 0 Å². The standard InChI is InChI=1S/C17H22N4OS/c1-13-19-20-16(23-13)9-10-18-17(22)15-8-5-11-21(15)12-14-6-3-2-4-7-14/h2-4,6-7,15H,5,8-12H2,1H3,(H,18,22)/t15-/m0/s1. The molecule has 1 amide bonds. The molecule has 1 fully saturated rings. The molecule has 1 N–H and O–H groups in total. The lowest BCUT2D eigenvalue weighted by molar-refractivity contribution is -0.125. The molecule has 0 bridgehead atoms. The molecule has 0 unspecified atom stereocenters. The van der Waals surface area contributed by atoms with Gasteiger partial charge in [0, 0.05) is 19.5 Å². The number of likely N-dealkylation sites (tertiary alicyclic amines) is 1. The number of amides is 1. The van der Waals surface area contributed by atoms with Gasteiger partial charge in [0.25, 0.3) is 0 Å². The minimum absolute atomic E-state index is 0.00800. The summed E-state index contributed by atoms with van der Waals surface area (Å²) in [5, 5.41) is 13.1. The Morgan fingerprint density at radius 2 is 2.17 bits per heavy atom. The van der Waals surface area contributed by atoms with Crippen LogP contribution in [-0.2, 0) is 17.8 Å². The normalized spacial score (nSPS) is 18.2. The summed E-state index contributed by atoms with van der Waals surface area (Å²) in [4.78, 5) is 14.7. The van der Waals surface area contributed by atoms with Crippen molar-refractivity contribution in [3.63, 3.8) is 0 Å². The minimum Gasteiger partial charge on any atom is -0.354 e. The zero-order valence-corrected chi connectivity index (χ0v) is 14.2. The largest absolute Gasteiger partial charge is 0.354 e. The van der Waals surface area contributed by atoms with Gasteiger partial charge < -0.3 is 5.32 Å². The molecule has 3 rings (SSSR count). The monoisotopic (exact) mass is 330 g/mol. The summed E-state index contributed by atoms with van der Waals surface area (Å²) in [5.41, 5.74) is 1.26. The van der Waals surface area contributed by atoms with Crippen LogP contribution in [0.5, 0.6) is 0 Å². The third-order valence-corrected chi connectivity index (χ3v) is 5.00. The Hall–Kier alpha value is -1.79. The lowest BCUT2D eigenvalue weighted by Crippen LogP contribution is -2.43. The van der Waals surface area contributed by atoms with Gasteiger partial charge in [0.2, 0.25) is 5.91 Å². The van der Waals surface area contributed by atoms with Crippen LogP contribution in [0.15, 0.2) is 30.3 Å². The van der Waals surface area contributed by atoms with Crippen LogP contribution in [-0.4, -0.2) is 40.1 Å². The molecule has 0 aliphatic carbocycles. The van der Waals surface area contributed by atoms with Crippen LogP contribution in [0.3, 0.4) is 0 Å². The fraction of sp³-hybridized carbons (Fsp3) is 0.471. The molecule has 2 heterocycles. The van der Waals surface area contributed by atoms with Gasteiger partial charge in [0.1, 0.15) is 10.0 Å². The van der Waals surface area contributed by atoms with Gasteiger partial charge in [-0.1, -0.05) is 30.3 Å². The third-order valence-electron chi connectivity index (χ3n) is 4.10. The van der Waals surface area contributed by atoms with Crippen LogP contribution < -0.4 is 5.32 Å². The summed E-state index contributed by atoms with van der Waals surface area (Å²) in [6, 6.07) is 10.3. The first-order valence-electron chi connectivity index (χ1n) is 8.07. The highest BCUT2D eigenvalue weighted by molar-refractivity contribution is 7.11. The lowest BCUT2D eigenvalue weighted by atomic mass is 10.1. The van der Waals surface area contributed by atoms with E-state index in [-0.39, 0.29) is 11.9 Å². The Bertz CT molecular complexity index is 643. The average Bonchev–Trinajstić information content (AvgIpc) is 3.17. The molecular weight excluding hydrogens is 308 g/mol. The predicted molar refractivity (Wildman–Crippen MR) is 91.2 cm³/mol. The first kappa shape index (κ1) is 16.1. The third kappa shape index (κ3) is 4.36. The summed E-state index contributed by atoms with van der Waals surface area (Å²) < 4.78 is 0. The van der Waals surface area contributed by atoms with Gasteiger partial charge in [-0.05, 0) is 31.9 Å². The quantitative estimate of drug-likeness (QED) is 0.882. The van der Waals surface area contributed by atoms with E-state index in [4.69, 9.17) is 0 Å². The molecule has 2 aromatic rings. The Balaban J connectivity index is 1.49. The maximum absolute atomic E-state index is 12.5. The van der Waals surface area contributed by atoms with Crippen LogP contribution in [0.1, 0.15) is 28.4 Å². The predicted octanol–water partition coefficient (Wildman–Crippen LogP) is 2.17. The second kappa shape index (κ2) is 7.66. The van der Waals surface area contributed by atoms with Crippen LogP contribution in [0.25, 0.3) is 0 Å². The molecule has 0 radical (unpaired) electrons. The summed E-state index contributed by atoms with van der Waals surface area (Å²) in [6.45, 7) is 4.40. The number of benzene rings is 1. The van der Waals surface area contributed by atoms with Crippen molar-refractivity contribution in [1.82, 2.24) is 20.4 Å².